The van der Waals surface area contributed by atoms with E-state index in [4.69, 9.17) is 9.97 Å². The molecule has 0 spiro atoms. The fourth-order valence-corrected chi connectivity index (χ4v) is 4.95. The van der Waals surface area contributed by atoms with Gasteiger partial charge in [-0.1, -0.05) is 0 Å². The molecule has 3 aromatic heterocycles. The highest BCUT2D eigenvalue weighted by atomic mass is 19.3. The van der Waals surface area contributed by atoms with Crippen LogP contribution in [0.25, 0.3) is 5.78 Å². The highest BCUT2D eigenvalue weighted by Gasteiger charge is 2.39. The van der Waals surface area contributed by atoms with Crippen LogP contribution in [0.3, 0.4) is 0 Å². The zero-order chi connectivity index (χ0) is 24.7. The van der Waals surface area contributed by atoms with Crippen LogP contribution in [0.1, 0.15) is 79.1 Å². The summed E-state index contributed by atoms with van der Waals surface area (Å²) in [4.78, 5) is 24.9. The Labute approximate surface area is 202 Å². The summed E-state index contributed by atoms with van der Waals surface area (Å²) in [6.07, 6.45) is 5.96. The number of aryl methyl sites for hydroxylation is 2. The van der Waals surface area contributed by atoms with E-state index in [0.29, 0.717) is 49.1 Å². The van der Waals surface area contributed by atoms with Gasteiger partial charge in [0.25, 0.3) is 11.7 Å². The first kappa shape index (κ1) is 23.8. The van der Waals surface area contributed by atoms with Crippen LogP contribution in [0.2, 0.25) is 0 Å². The minimum Gasteiger partial charge on any atom is -0.342 e. The van der Waals surface area contributed by atoms with Gasteiger partial charge in [-0.15, -0.1) is 0 Å². The Morgan fingerprint density at radius 2 is 2.00 bits per heavy atom. The monoisotopic (exact) mass is 486 g/mol. The lowest BCUT2D eigenvalue weighted by molar-refractivity contribution is -0.0495. The molecule has 2 fully saturated rings. The third kappa shape index (κ3) is 5.05. The molecule has 5 rings (SSSR count). The fourth-order valence-electron chi connectivity index (χ4n) is 4.95. The van der Waals surface area contributed by atoms with E-state index in [9.17, 15) is 13.6 Å². The second-order valence-electron chi connectivity index (χ2n) is 9.88. The number of aromatic nitrogens is 6. The van der Waals surface area contributed by atoms with Crippen LogP contribution in [0.15, 0.2) is 18.5 Å². The predicted octanol–water partition coefficient (Wildman–Crippen LogP) is 3.54. The van der Waals surface area contributed by atoms with Crippen LogP contribution in [0.4, 0.5) is 8.78 Å². The Morgan fingerprint density at radius 1 is 1.26 bits per heavy atom. The van der Waals surface area contributed by atoms with Crippen molar-refractivity contribution < 1.29 is 13.6 Å². The van der Waals surface area contributed by atoms with E-state index < -0.39 is 12.0 Å². The van der Waals surface area contributed by atoms with E-state index in [1.165, 1.54) is 12.8 Å². The third-order valence-corrected chi connectivity index (χ3v) is 7.26. The molecule has 35 heavy (non-hydrogen) atoms. The van der Waals surface area contributed by atoms with Gasteiger partial charge in [0.05, 0.1) is 29.3 Å². The number of rotatable bonds is 8. The summed E-state index contributed by atoms with van der Waals surface area (Å²) in [5.74, 6) is -2.67. The van der Waals surface area contributed by atoms with Crippen molar-refractivity contribution in [2.75, 3.05) is 7.05 Å². The molecule has 2 aliphatic carbocycles. The van der Waals surface area contributed by atoms with Crippen molar-refractivity contribution in [2.24, 2.45) is 5.92 Å². The van der Waals surface area contributed by atoms with E-state index in [2.05, 4.69) is 27.5 Å². The van der Waals surface area contributed by atoms with Crippen molar-refractivity contribution >= 4 is 11.7 Å². The van der Waals surface area contributed by atoms with Crippen LogP contribution < -0.4 is 5.32 Å². The van der Waals surface area contributed by atoms with Gasteiger partial charge in [0.1, 0.15) is 5.69 Å². The highest BCUT2D eigenvalue weighted by molar-refractivity contribution is 5.92. The van der Waals surface area contributed by atoms with E-state index >= 15 is 0 Å². The second-order valence-corrected chi connectivity index (χ2v) is 9.88. The van der Waals surface area contributed by atoms with Crippen LogP contribution in [0.5, 0.6) is 0 Å². The van der Waals surface area contributed by atoms with E-state index in [1.54, 1.807) is 27.7 Å². The summed E-state index contributed by atoms with van der Waals surface area (Å²) in [5.41, 5.74) is 2.70. The summed E-state index contributed by atoms with van der Waals surface area (Å²) >= 11 is 0. The van der Waals surface area contributed by atoms with Gasteiger partial charge in [0.2, 0.25) is 5.92 Å². The number of hydrogen-bond donors (Lipinski definition) is 1. The third-order valence-electron chi connectivity index (χ3n) is 7.26. The zero-order valence-corrected chi connectivity index (χ0v) is 20.4. The Bertz CT molecular complexity index is 1210. The molecule has 0 aromatic carbocycles. The molecule has 0 bridgehead atoms. The lowest BCUT2D eigenvalue weighted by Crippen LogP contribution is -2.38. The second kappa shape index (κ2) is 9.25. The van der Waals surface area contributed by atoms with E-state index in [1.807, 2.05) is 13.8 Å². The number of halogens is 2. The van der Waals surface area contributed by atoms with Crippen molar-refractivity contribution in [1.82, 2.24) is 39.6 Å². The minimum atomic E-state index is -2.66. The van der Waals surface area contributed by atoms with Crippen molar-refractivity contribution in [2.45, 2.75) is 83.5 Å². The average Bonchev–Trinajstić information content (AvgIpc) is 3.43. The molecule has 1 atom stereocenters. The molecule has 1 unspecified atom stereocenters. The summed E-state index contributed by atoms with van der Waals surface area (Å²) in [6.45, 7) is 5.08. The fraction of sp³-hybridized carbons (Fsp3) is 0.625. The Morgan fingerprint density at radius 3 is 2.69 bits per heavy atom. The first-order chi connectivity index (χ1) is 16.7. The number of alkyl halides is 2. The van der Waals surface area contributed by atoms with Crippen molar-refractivity contribution in [3.05, 3.63) is 41.2 Å². The average molecular weight is 487 g/mol. The van der Waals surface area contributed by atoms with Crippen molar-refractivity contribution in [3.8, 4) is 0 Å². The van der Waals surface area contributed by atoms with Crippen LogP contribution in [0, 0.1) is 12.8 Å². The summed E-state index contributed by atoms with van der Waals surface area (Å²) in [7, 11) is 2.09. The number of hydrogen-bond acceptors (Lipinski definition) is 6. The molecule has 3 aromatic rings. The minimum absolute atomic E-state index is 0.164. The maximum absolute atomic E-state index is 13.9. The van der Waals surface area contributed by atoms with Gasteiger partial charge in [-0.3, -0.25) is 14.4 Å². The Balaban J connectivity index is 1.45. The molecule has 0 saturated heterocycles. The number of imidazole rings is 1. The van der Waals surface area contributed by atoms with Crippen molar-refractivity contribution in [1.29, 1.82) is 0 Å². The van der Waals surface area contributed by atoms with Gasteiger partial charge in [-0.05, 0) is 58.6 Å². The molecule has 1 N–H and O–H groups in total. The van der Waals surface area contributed by atoms with Gasteiger partial charge >= 0.3 is 0 Å². The molecular formula is C24H32F2N8O. The topological polar surface area (TPSA) is 93.2 Å². The SMILES string of the molecule is CCn1nccc1C(=O)NC(c1cn2nc(C)c(CN(C)C3CC3)nc2n1)C1CCC(F)(F)CC1. The normalized spacial score (nSPS) is 19.4. The smallest absolute Gasteiger partial charge is 0.270 e. The maximum atomic E-state index is 13.9. The number of carbonyl (C=O) groups excluding carboxylic acids is 1. The summed E-state index contributed by atoms with van der Waals surface area (Å²) in [6, 6.07) is 1.73. The number of fused-ring (bicyclic) bond motifs is 1. The summed E-state index contributed by atoms with van der Waals surface area (Å²) < 4.78 is 31.0. The lowest BCUT2D eigenvalue weighted by atomic mass is 9.81. The Hall–Kier alpha value is -2.95. The molecule has 188 valence electrons. The number of amides is 1. The van der Waals surface area contributed by atoms with Gasteiger partial charge in [0.15, 0.2) is 0 Å². The van der Waals surface area contributed by atoms with Gasteiger partial charge in [-0.2, -0.15) is 10.2 Å². The maximum Gasteiger partial charge on any atom is 0.270 e. The number of nitrogens with one attached hydrogen (secondary N) is 1. The van der Waals surface area contributed by atoms with Gasteiger partial charge in [0, 0.05) is 38.2 Å². The Kier molecular flexibility index (Phi) is 6.29. The number of carbonyl (C=O) groups is 1. The van der Waals surface area contributed by atoms with E-state index in [0.717, 1.165) is 11.4 Å². The highest BCUT2D eigenvalue weighted by Crippen LogP contribution is 2.41. The number of nitrogens with zero attached hydrogens (tertiary/aromatic N) is 7. The van der Waals surface area contributed by atoms with Crippen LogP contribution in [-0.4, -0.2) is 59.2 Å². The van der Waals surface area contributed by atoms with Gasteiger partial charge in [-0.25, -0.2) is 23.3 Å². The van der Waals surface area contributed by atoms with Crippen molar-refractivity contribution in [3.63, 3.8) is 0 Å². The first-order valence-corrected chi connectivity index (χ1v) is 12.4. The lowest BCUT2D eigenvalue weighted by Gasteiger charge is -2.33. The molecule has 0 radical (unpaired) electrons. The largest absolute Gasteiger partial charge is 0.342 e. The standard InChI is InChI=1S/C24H32F2N8O/c1-4-33-20(9-12-27-33)22(35)30-21(16-7-10-24(25,26)11-8-16)19-14-34-23(29-19)28-18(15(2)31-34)13-32(3)17-5-6-17/h9,12,14,16-17,21H,4-8,10-11,13H2,1-3H3,(H,30,35). The predicted molar refractivity (Wildman–Crippen MR) is 125 cm³/mol. The summed E-state index contributed by atoms with van der Waals surface area (Å²) in [5, 5.41) is 11.9. The van der Waals surface area contributed by atoms with Crippen LogP contribution in [-0.2, 0) is 13.1 Å². The zero-order valence-electron chi connectivity index (χ0n) is 20.4. The molecule has 11 heteroatoms. The molecular weight excluding hydrogens is 454 g/mol. The van der Waals surface area contributed by atoms with E-state index in [-0.39, 0.29) is 24.7 Å². The molecule has 2 aliphatic rings. The quantitative estimate of drug-likeness (QED) is 0.524. The van der Waals surface area contributed by atoms with Gasteiger partial charge < -0.3 is 5.32 Å². The van der Waals surface area contributed by atoms with Crippen LogP contribution >= 0.6 is 0 Å². The molecule has 0 aliphatic heterocycles. The molecule has 9 nitrogen and oxygen atoms in total. The molecule has 1 amide bonds. The first-order valence-electron chi connectivity index (χ1n) is 12.4. The molecule has 3 heterocycles. The molecule has 2 saturated carbocycles.